The van der Waals surface area contributed by atoms with E-state index in [2.05, 4.69) is 10.6 Å². The maximum atomic E-state index is 13.0. The topological polar surface area (TPSA) is 150 Å². The second kappa shape index (κ2) is 11.2. The van der Waals surface area contributed by atoms with Gasteiger partial charge in [0.1, 0.15) is 17.0 Å². The van der Waals surface area contributed by atoms with E-state index in [4.69, 9.17) is 0 Å². The molecule has 0 saturated heterocycles. The molecule has 3 N–H and O–H groups in total. The van der Waals surface area contributed by atoms with Gasteiger partial charge in [0.05, 0.1) is 5.54 Å². The number of carboxylic acids is 1. The molecular formula is C27H31N3O7S. The smallest absolute Gasteiger partial charge is 0.326 e. The third-order valence-corrected chi connectivity index (χ3v) is 7.97. The molecule has 0 fully saturated rings. The zero-order valence-electron chi connectivity index (χ0n) is 21.6. The van der Waals surface area contributed by atoms with Crippen LogP contribution in [-0.2, 0) is 42.0 Å². The molecule has 0 saturated carbocycles. The number of sulfonamides is 1. The SMILES string of the molecule is CC(=O)N[C@@H](Cc1ccccc1)C(=O)N[C@@H](Cc1ccc(C2=CC(=O)N(C(C)(C)C)S2(=O)=O)cc1)C(=O)O. The summed E-state index contributed by atoms with van der Waals surface area (Å²) in [4.78, 5) is 48.8. The molecule has 3 rings (SSSR count). The largest absolute Gasteiger partial charge is 0.480 e. The number of aliphatic carboxylic acids is 1. The van der Waals surface area contributed by atoms with Gasteiger partial charge in [0.2, 0.25) is 11.8 Å². The van der Waals surface area contributed by atoms with Gasteiger partial charge in [-0.2, -0.15) is 0 Å². The molecule has 1 aliphatic heterocycles. The quantitative estimate of drug-likeness (QED) is 0.439. The second-order valence-electron chi connectivity index (χ2n) is 10.0. The van der Waals surface area contributed by atoms with Gasteiger partial charge in [-0.25, -0.2) is 17.5 Å². The molecule has 2 aromatic rings. The average Bonchev–Trinajstić information content (AvgIpc) is 3.07. The molecule has 0 bridgehead atoms. The van der Waals surface area contributed by atoms with E-state index in [-0.39, 0.29) is 17.7 Å². The van der Waals surface area contributed by atoms with E-state index in [1.807, 2.05) is 6.07 Å². The van der Waals surface area contributed by atoms with Crippen LogP contribution in [0.5, 0.6) is 0 Å². The summed E-state index contributed by atoms with van der Waals surface area (Å²) in [5.74, 6) is -2.97. The molecule has 0 unspecified atom stereocenters. The van der Waals surface area contributed by atoms with Crippen molar-refractivity contribution in [3.05, 3.63) is 77.4 Å². The number of benzene rings is 2. The van der Waals surface area contributed by atoms with Crippen molar-refractivity contribution in [3.8, 4) is 0 Å². The van der Waals surface area contributed by atoms with Crippen molar-refractivity contribution in [2.75, 3.05) is 0 Å². The number of amides is 3. The van der Waals surface area contributed by atoms with Crippen LogP contribution in [0.3, 0.4) is 0 Å². The summed E-state index contributed by atoms with van der Waals surface area (Å²) in [7, 11) is -4.04. The molecule has 0 aliphatic carbocycles. The molecule has 3 amide bonds. The fraction of sp³-hybridized carbons (Fsp3) is 0.333. The number of hydrogen-bond acceptors (Lipinski definition) is 6. The van der Waals surface area contributed by atoms with Crippen molar-refractivity contribution >= 4 is 38.6 Å². The van der Waals surface area contributed by atoms with E-state index in [1.54, 1.807) is 57.2 Å². The molecule has 11 heteroatoms. The zero-order valence-corrected chi connectivity index (χ0v) is 22.4. The van der Waals surface area contributed by atoms with Crippen molar-refractivity contribution < 1.29 is 32.7 Å². The van der Waals surface area contributed by atoms with E-state index in [0.717, 1.165) is 15.9 Å². The van der Waals surface area contributed by atoms with Gasteiger partial charge in [-0.15, -0.1) is 0 Å². The predicted octanol–water partition coefficient (Wildman–Crippen LogP) is 1.86. The summed E-state index contributed by atoms with van der Waals surface area (Å²) >= 11 is 0. The van der Waals surface area contributed by atoms with E-state index >= 15 is 0 Å². The Morgan fingerprint density at radius 2 is 1.45 bits per heavy atom. The first-order valence-corrected chi connectivity index (χ1v) is 13.4. The summed E-state index contributed by atoms with van der Waals surface area (Å²) in [5, 5.41) is 14.8. The zero-order chi connectivity index (χ0) is 28.3. The highest BCUT2D eigenvalue weighted by molar-refractivity contribution is 7.99. The van der Waals surface area contributed by atoms with Crippen molar-refractivity contribution in [2.24, 2.45) is 0 Å². The summed E-state index contributed by atoms with van der Waals surface area (Å²) in [5.41, 5.74) is 0.675. The van der Waals surface area contributed by atoms with Crippen LogP contribution in [0.1, 0.15) is 44.4 Å². The number of nitrogens with one attached hydrogen (secondary N) is 2. The van der Waals surface area contributed by atoms with Gasteiger partial charge in [-0.3, -0.25) is 14.4 Å². The van der Waals surface area contributed by atoms with Crippen molar-refractivity contribution in [1.82, 2.24) is 14.9 Å². The predicted molar refractivity (Wildman–Crippen MR) is 141 cm³/mol. The lowest BCUT2D eigenvalue weighted by Gasteiger charge is -2.30. The Bertz CT molecular complexity index is 1360. The Morgan fingerprint density at radius 3 is 1.95 bits per heavy atom. The molecule has 1 aliphatic rings. The van der Waals surface area contributed by atoms with Crippen LogP contribution in [0.15, 0.2) is 60.7 Å². The standard InChI is InChI=1S/C27H31N3O7S/c1-17(31)28-21(14-18-8-6-5-7-9-18)25(33)29-22(26(34)35)15-19-10-12-20(13-11-19)23-16-24(32)30(27(2,3)4)38(23,36)37/h5-13,16,21-22H,14-15H2,1-4H3,(H,28,31)(H,29,33)(H,34,35)/t21-,22-/m0/s1. The minimum Gasteiger partial charge on any atom is -0.480 e. The van der Waals surface area contributed by atoms with Gasteiger partial charge < -0.3 is 15.7 Å². The van der Waals surface area contributed by atoms with Crippen molar-refractivity contribution in [3.63, 3.8) is 0 Å². The van der Waals surface area contributed by atoms with E-state index in [9.17, 15) is 32.7 Å². The van der Waals surface area contributed by atoms with Crippen LogP contribution in [0.25, 0.3) is 4.91 Å². The summed E-state index contributed by atoms with van der Waals surface area (Å²) < 4.78 is 26.8. The maximum Gasteiger partial charge on any atom is 0.326 e. The van der Waals surface area contributed by atoms with Gasteiger partial charge in [-0.1, -0.05) is 54.6 Å². The minimum atomic E-state index is -4.04. The highest BCUT2D eigenvalue weighted by atomic mass is 32.2. The molecule has 2 aromatic carbocycles. The van der Waals surface area contributed by atoms with Gasteiger partial charge in [0, 0.05) is 25.8 Å². The summed E-state index contributed by atoms with van der Waals surface area (Å²) in [6.45, 7) is 6.15. The lowest BCUT2D eigenvalue weighted by atomic mass is 10.0. The Labute approximate surface area is 221 Å². The first kappa shape index (κ1) is 28.6. The van der Waals surface area contributed by atoms with Crippen molar-refractivity contribution in [2.45, 2.75) is 58.2 Å². The van der Waals surface area contributed by atoms with Crippen LogP contribution in [0.2, 0.25) is 0 Å². The summed E-state index contributed by atoms with van der Waals surface area (Å²) in [6, 6.07) is 12.8. The Balaban J connectivity index is 1.75. The van der Waals surface area contributed by atoms with Crippen LogP contribution in [-0.4, -0.2) is 59.1 Å². The van der Waals surface area contributed by atoms with Crippen LogP contribution >= 0.6 is 0 Å². The molecule has 1 heterocycles. The van der Waals surface area contributed by atoms with Crippen LogP contribution < -0.4 is 10.6 Å². The molecular weight excluding hydrogens is 510 g/mol. The number of rotatable bonds is 9. The van der Waals surface area contributed by atoms with E-state index < -0.39 is 51.3 Å². The Kier molecular flexibility index (Phi) is 8.41. The first-order chi connectivity index (χ1) is 17.7. The van der Waals surface area contributed by atoms with E-state index in [1.165, 1.54) is 19.1 Å². The van der Waals surface area contributed by atoms with Gasteiger partial charge in [0.15, 0.2) is 0 Å². The summed E-state index contributed by atoms with van der Waals surface area (Å²) in [6.07, 6.45) is 1.17. The number of carboxylic acid groups (broad SMARTS) is 1. The lowest BCUT2D eigenvalue weighted by Crippen LogP contribution is -2.52. The third-order valence-electron chi connectivity index (χ3n) is 5.85. The molecule has 202 valence electrons. The molecule has 2 atom stereocenters. The van der Waals surface area contributed by atoms with Crippen molar-refractivity contribution in [1.29, 1.82) is 0 Å². The van der Waals surface area contributed by atoms with Crippen LogP contribution in [0, 0.1) is 0 Å². The molecule has 0 aromatic heterocycles. The Morgan fingerprint density at radius 1 is 0.895 bits per heavy atom. The minimum absolute atomic E-state index is 0.0850. The number of carbonyl (C=O) groups is 4. The number of nitrogens with zero attached hydrogens (tertiary/aromatic N) is 1. The average molecular weight is 542 g/mol. The molecule has 38 heavy (non-hydrogen) atoms. The Hall–Kier alpha value is -3.99. The normalized spacial score (nSPS) is 16.4. The maximum absolute atomic E-state index is 13.0. The number of hydrogen-bond donors (Lipinski definition) is 3. The third kappa shape index (κ3) is 6.65. The van der Waals surface area contributed by atoms with Gasteiger partial charge in [-0.05, 0) is 37.5 Å². The molecule has 10 nitrogen and oxygen atoms in total. The first-order valence-electron chi connectivity index (χ1n) is 11.9. The highest BCUT2D eigenvalue weighted by Crippen LogP contribution is 2.35. The molecule has 0 spiro atoms. The fourth-order valence-corrected chi connectivity index (χ4v) is 6.09. The monoisotopic (exact) mass is 541 g/mol. The molecule has 0 radical (unpaired) electrons. The van der Waals surface area contributed by atoms with Gasteiger partial charge >= 0.3 is 5.97 Å². The van der Waals surface area contributed by atoms with E-state index in [0.29, 0.717) is 11.1 Å². The lowest BCUT2D eigenvalue weighted by molar-refractivity contribution is -0.142. The van der Waals surface area contributed by atoms with Gasteiger partial charge in [0.25, 0.3) is 15.9 Å². The number of carbonyl (C=O) groups excluding carboxylic acids is 3. The fourth-order valence-electron chi connectivity index (χ4n) is 4.20. The highest BCUT2D eigenvalue weighted by Gasteiger charge is 2.44. The second-order valence-corrected chi connectivity index (χ2v) is 11.8. The van der Waals surface area contributed by atoms with Crippen LogP contribution in [0.4, 0.5) is 0 Å².